The molecule has 8 nitrogen and oxygen atoms in total. The van der Waals surface area contributed by atoms with Gasteiger partial charge in [0, 0.05) is 65.3 Å². The van der Waals surface area contributed by atoms with Gasteiger partial charge in [0.05, 0.1) is 12.1 Å². The quantitative estimate of drug-likeness (QED) is 0.517. The van der Waals surface area contributed by atoms with Crippen molar-refractivity contribution < 1.29 is 4.74 Å². The zero-order valence-corrected chi connectivity index (χ0v) is 16.5. The molecule has 1 saturated heterocycles. The van der Waals surface area contributed by atoms with Crippen LogP contribution in [0.15, 0.2) is 23.5 Å². The molecular weight excluding hydrogens is 330 g/mol. The minimum absolute atomic E-state index is 0.252. The van der Waals surface area contributed by atoms with E-state index in [2.05, 4.69) is 42.3 Å². The lowest BCUT2D eigenvalue weighted by atomic mass is 10.1. The monoisotopic (exact) mass is 363 g/mol. The van der Waals surface area contributed by atoms with Gasteiger partial charge in [0.2, 0.25) is 5.95 Å². The first kappa shape index (κ1) is 20.4. The second kappa shape index (κ2) is 10.3. The van der Waals surface area contributed by atoms with Gasteiger partial charge in [-0.15, -0.1) is 0 Å². The number of hydrogen-bond acceptors (Lipinski definition) is 6. The molecule has 2 rings (SSSR count). The smallest absolute Gasteiger partial charge is 0.225 e. The second-order valence-corrected chi connectivity index (χ2v) is 6.96. The third-order valence-corrected chi connectivity index (χ3v) is 4.44. The van der Waals surface area contributed by atoms with Crippen LogP contribution >= 0.6 is 0 Å². The molecule has 0 amide bonds. The summed E-state index contributed by atoms with van der Waals surface area (Å²) in [7, 11) is 1.72. The standard InChI is InChI=1S/C18H33N7O/c1-5-19-16(23-15-18(2,3)26-4)20-9-10-24-11-13-25(14-12-24)17-21-7-6-8-22-17/h6-8H,5,9-15H2,1-4H3,(H2,19,20,23). The largest absolute Gasteiger partial charge is 0.377 e. The molecule has 0 spiro atoms. The van der Waals surface area contributed by atoms with Crippen LogP contribution in [0.25, 0.3) is 0 Å². The summed E-state index contributed by atoms with van der Waals surface area (Å²) in [5, 5.41) is 6.70. The summed E-state index contributed by atoms with van der Waals surface area (Å²) in [5.74, 6) is 1.67. The molecule has 0 unspecified atom stereocenters. The first-order chi connectivity index (χ1) is 12.5. The summed E-state index contributed by atoms with van der Waals surface area (Å²) < 4.78 is 5.43. The number of anilines is 1. The van der Waals surface area contributed by atoms with E-state index in [1.807, 2.05) is 19.9 Å². The summed E-state index contributed by atoms with van der Waals surface area (Å²) in [4.78, 5) is 18.0. The van der Waals surface area contributed by atoms with Gasteiger partial charge in [-0.3, -0.25) is 9.89 Å². The van der Waals surface area contributed by atoms with Crippen molar-refractivity contribution in [3.63, 3.8) is 0 Å². The van der Waals surface area contributed by atoms with Crippen LogP contribution in [0.4, 0.5) is 5.95 Å². The number of rotatable bonds is 8. The number of aromatic nitrogens is 2. The Hall–Kier alpha value is -1.93. The Morgan fingerprint density at radius 3 is 2.50 bits per heavy atom. The van der Waals surface area contributed by atoms with Crippen LogP contribution in [0.3, 0.4) is 0 Å². The van der Waals surface area contributed by atoms with Crippen LogP contribution in [-0.2, 0) is 4.74 Å². The van der Waals surface area contributed by atoms with Gasteiger partial charge >= 0.3 is 0 Å². The predicted molar refractivity (Wildman–Crippen MR) is 106 cm³/mol. The molecular formula is C18H33N7O. The van der Waals surface area contributed by atoms with Crippen LogP contribution in [0.2, 0.25) is 0 Å². The van der Waals surface area contributed by atoms with Crippen molar-refractivity contribution >= 4 is 11.9 Å². The fraction of sp³-hybridized carbons (Fsp3) is 0.722. The first-order valence-corrected chi connectivity index (χ1v) is 9.35. The number of piperazine rings is 1. The summed E-state index contributed by atoms with van der Waals surface area (Å²) in [6.45, 7) is 13.4. The molecule has 0 aliphatic carbocycles. The minimum atomic E-state index is -0.252. The molecule has 1 aromatic rings. The average molecular weight is 364 g/mol. The number of guanidine groups is 1. The molecule has 0 radical (unpaired) electrons. The number of methoxy groups -OCH3 is 1. The van der Waals surface area contributed by atoms with Crippen molar-refractivity contribution in [1.82, 2.24) is 25.5 Å². The molecule has 0 aromatic carbocycles. The zero-order chi connectivity index (χ0) is 18.8. The van der Waals surface area contributed by atoms with Crippen molar-refractivity contribution in [2.75, 3.05) is 64.4 Å². The summed E-state index contributed by atoms with van der Waals surface area (Å²) in [5.41, 5.74) is -0.252. The van der Waals surface area contributed by atoms with Crippen molar-refractivity contribution in [2.45, 2.75) is 26.4 Å². The molecule has 2 heterocycles. The fourth-order valence-corrected chi connectivity index (χ4v) is 2.63. The number of nitrogens with one attached hydrogen (secondary N) is 2. The molecule has 0 saturated carbocycles. The Morgan fingerprint density at radius 2 is 1.88 bits per heavy atom. The van der Waals surface area contributed by atoms with Gasteiger partial charge in [0.25, 0.3) is 0 Å². The molecule has 0 atom stereocenters. The van der Waals surface area contributed by atoms with E-state index in [9.17, 15) is 0 Å². The van der Waals surface area contributed by atoms with Gasteiger partial charge in [-0.1, -0.05) is 0 Å². The topological polar surface area (TPSA) is 77.9 Å². The van der Waals surface area contributed by atoms with Gasteiger partial charge in [0.1, 0.15) is 0 Å². The highest BCUT2D eigenvalue weighted by Crippen LogP contribution is 2.09. The van der Waals surface area contributed by atoms with Crippen molar-refractivity contribution in [2.24, 2.45) is 4.99 Å². The summed E-state index contributed by atoms with van der Waals surface area (Å²) in [6, 6.07) is 1.85. The van der Waals surface area contributed by atoms with E-state index in [1.165, 1.54) is 0 Å². The highest BCUT2D eigenvalue weighted by atomic mass is 16.5. The molecule has 8 heteroatoms. The van der Waals surface area contributed by atoms with E-state index in [1.54, 1.807) is 19.5 Å². The van der Waals surface area contributed by atoms with E-state index >= 15 is 0 Å². The number of ether oxygens (including phenoxy) is 1. The SMILES string of the molecule is CCNC(=NCC(C)(C)OC)NCCN1CCN(c2ncccn2)CC1. The van der Waals surface area contributed by atoms with Gasteiger partial charge in [-0.05, 0) is 26.8 Å². The maximum atomic E-state index is 5.43. The number of nitrogens with zero attached hydrogens (tertiary/aromatic N) is 5. The molecule has 1 aliphatic heterocycles. The molecule has 1 aliphatic rings. The van der Waals surface area contributed by atoms with Gasteiger partial charge in [-0.25, -0.2) is 9.97 Å². The number of hydrogen-bond donors (Lipinski definition) is 2. The summed E-state index contributed by atoms with van der Waals surface area (Å²) >= 11 is 0. The maximum Gasteiger partial charge on any atom is 0.225 e. The Bertz CT molecular complexity index is 542. The van der Waals surface area contributed by atoms with Crippen LogP contribution in [0.1, 0.15) is 20.8 Å². The van der Waals surface area contributed by atoms with Gasteiger partial charge in [0.15, 0.2) is 5.96 Å². The molecule has 0 bridgehead atoms. The Labute approximate surface area is 157 Å². The lowest BCUT2D eigenvalue weighted by Gasteiger charge is -2.34. The molecule has 2 N–H and O–H groups in total. The van der Waals surface area contributed by atoms with E-state index in [0.717, 1.165) is 57.7 Å². The summed E-state index contributed by atoms with van der Waals surface area (Å²) in [6.07, 6.45) is 3.59. The Morgan fingerprint density at radius 1 is 1.19 bits per heavy atom. The van der Waals surface area contributed by atoms with E-state index < -0.39 is 0 Å². The first-order valence-electron chi connectivity index (χ1n) is 9.35. The highest BCUT2D eigenvalue weighted by Gasteiger charge is 2.18. The number of aliphatic imine (C=N–C) groups is 1. The minimum Gasteiger partial charge on any atom is -0.377 e. The predicted octanol–water partition coefficient (Wildman–Crippen LogP) is 0.579. The van der Waals surface area contributed by atoms with Crippen molar-refractivity contribution in [3.8, 4) is 0 Å². The Balaban J connectivity index is 1.72. The molecule has 26 heavy (non-hydrogen) atoms. The van der Waals surface area contributed by atoms with E-state index in [4.69, 9.17) is 4.74 Å². The lowest BCUT2D eigenvalue weighted by molar-refractivity contribution is 0.0310. The van der Waals surface area contributed by atoms with Crippen LogP contribution in [0.5, 0.6) is 0 Å². The third kappa shape index (κ3) is 6.76. The van der Waals surface area contributed by atoms with Gasteiger partial charge < -0.3 is 20.3 Å². The molecule has 1 fully saturated rings. The Kier molecular flexibility index (Phi) is 8.06. The zero-order valence-electron chi connectivity index (χ0n) is 16.5. The molecule has 146 valence electrons. The molecule has 1 aromatic heterocycles. The second-order valence-electron chi connectivity index (χ2n) is 6.96. The normalized spacial score (nSPS) is 16.6. The van der Waals surface area contributed by atoms with E-state index in [-0.39, 0.29) is 5.60 Å². The van der Waals surface area contributed by atoms with Crippen LogP contribution in [0, 0.1) is 0 Å². The van der Waals surface area contributed by atoms with E-state index in [0.29, 0.717) is 6.54 Å². The lowest BCUT2D eigenvalue weighted by Crippen LogP contribution is -2.49. The fourth-order valence-electron chi connectivity index (χ4n) is 2.63. The van der Waals surface area contributed by atoms with Crippen molar-refractivity contribution in [1.29, 1.82) is 0 Å². The van der Waals surface area contributed by atoms with Gasteiger partial charge in [-0.2, -0.15) is 0 Å². The maximum absolute atomic E-state index is 5.43. The van der Waals surface area contributed by atoms with Crippen molar-refractivity contribution in [3.05, 3.63) is 18.5 Å². The van der Waals surface area contributed by atoms with Crippen LogP contribution in [-0.4, -0.2) is 85.9 Å². The van der Waals surface area contributed by atoms with Crippen LogP contribution < -0.4 is 15.5 Å². The average Bonchev–Trinajstić information content (AvgIpc) is 2.67. The highest BCUT2D eigenvalue weighted by molar-refractivity contribution is 5.79. The third-order valence-electron chi connectivity index (χ3n) is 4.44.